The zero-order valence-electron chi connectivity index (χ0n) is 13.3. The maximum absolute atomic E-state index is 11.9. The van der Waals surface area contributed by atoms with Crippen LogP contribution in [0.25, 0.3) is 0 Å². The van der Waals surface area contributed by atoms with Crippen molar-refractivity contribution < 1.29 is 9.90 Å². The largest absolute Gasteiger partial charge is 0.388 e. The van der Waals surface area contributed by atoms with Gasteiger partial charge >= 0.3 is 0 Å². The van der Waals surface area contributed by atoms with Crippen LogP contribution in [0.4, 0.5) is 0 Å². The second kappa shape index (κ2) is 8.51. The lowest BCUT2D eigenvalue weighted by Gasteiger charge is -2.29. The van der Waals surface area contributed by atoms with Crippen molar-refractivity contribution in [3.8, 4) is 0 Å². The Morgan fingerprint density at radius 1 is 1.32 bits per heavy atom. The van der Waals surface area contributed by atoms with Gasteiger partial charge in [0.05, 0.1) is 11.6 Å². The van der Waals surface area contributed by atoms with Crippen molar-refractivity contribution in [1.82, 2.24) is 15.5 Å². The predicted octanol–water partition coefficient (Wildman–Crippen LogP) is 0.582. The highest BCUT2D eigenvalue weighted by molar-refractivity contribution is 5.81. The van der Waals surface area contributed by atoms with Gasteiger partial charge in [-0.2, -0.15) is 0 Å². The molecular formula is C14H31N3O2. The van der Waals surface area contributed by atoms with Crippen LogP contribution in [0.1, 0.15) is 40.5 Å². The molecule has 0 radical (unpaired) electrons. The highest BCUT2D eigenvalue weighted by atomic mass is 16.3. The molecule has 19 heavy (non-hydrogen) atoms. The standard InChI is InChI=1S/C14H31N3O2/c1-7-12(8-2)16-13(18)11(3)15-9-14(4,19)10-17(5)6/h11-12,15,19H,7-10H2,1-6H3,(H,16,18). The molecule has 2 unspecified atom stereocenters. The molecule has 0 aliphatic carbocycles. The molecule has 0 aromatic rings. The van der Waals surface area contributed by atoms with E-state index >= 15 is 0 Å². The van der Waals surface area contributed by atoms with E-state index in [4.69, 9.17) is 0 Å². The Hall–Kier alpha value is -0.650. The van der Waals surface area contributed by atoms with Gasteiger partial charge in [0.25, 0.3) is 0 Å². The molecule has 3 N–H and O–H groups in total. The Labute approximate surface area is 117 Å². The number of carbonyl (C=O) groups excluding carboxylic acids is 1. The summed E-state index contributed by atoms with van der Waals surface area (Å²) in [7, 11) is 3.83. The molecule has 0 aliphatic rings. The first-order valence-corrected chi connectivity index (χ1v) is 7.12. The van der Waals surface area contributed by atoms with Crippen molar-refractivity contribution in [1.29, 1.82) is 0 Å². The van der Waals surface area contributed by atoms with E-state index in [-0.39, 0.29) is 18.0 Å². The van der Waals surface area contributed by atoms with E-state index in [9.17, 15) is 9.90 Å². The molecule has 1 amide bonds. The Balaban J connectivity index is 4.16. The van der Waals surface area contributed by atoms with Crippen LogP contribution in [0.3, 0.4) is 0 Å². The molecule has 5 heteroatoms. The fourth-order valence-electron chi connectivity index (χ4n) is 2.02. The Bertz CT molecular complexity index is 263. The quantitative estimate of drug-likeness (QED) is 0.575. The third kappa shape index (κ3) is 8.18. The van der Waals surface area contributed by atoms with Crippen molar-refractivity contribution in [3.05, 3.63) is 0 Å². The molecule has 0 saturated carbocycles. The van der Waals surface area contributed by atoms with Crippen LogP contribution in [0.2, 0.25) is 0 Å². The van der Waals surface area contributed by atoms with Gasteiger partial charge in [-0.3, -0.25) is 4.79 Å². The zero-order valence-corrected chi connectivity index (χ0v) is 13.3. The molecule has 0 heterocycles. The Kier molecular flexibility index (Phi) is 8.22. The van der Waals surface area contributed by atoms with Gasteiger partial charge in [0.2, 0.25) is 5.91 Å². The van der Waals surface area contributed by atoms with Gasteiger partial charge in [0.15, 0.2) is 0 Å². The number of nitrogens with one attached hydrogen (secondary N) is 2. The topological polar surface area (TPSA) is 64.6 Å². The lowest BCUT2D eigenvalue weighted by atomic mass is 10.1. The Morgan fingerprint density at radius 2 is 1.84 bits per heavy atom. The van der Waals surface area contributed by atoms with E-state index in [2.05, 4.69) is 24.5 Å². The number of carbonyl (C=O) groups is 1. The molecular weight excluding hydrogens is 242 g/mol. The molecule has 0 fully saturated rings. The minimum Gasteiger partial charge on any atom is -0.388 e. The van der Waals surface area contributed by atoms with E-state index in [0.29, 0.717) is 13.1 Å². The number of rotatable bonds is 9. The van der Waals surface area contributed by atoms with Crippen LogP contribution in [-0.2, 0) is 4.79 Å². The van der Waals surface area contributed by atoms with Gasteiger partial charge in [-0.15, -0.1) is 0 Å². The minimum atomic E-state index is -0.840. The molecule has 5 nitrogen and oxygen atoms in total. The summed E-state index contributed by atoms with van der Waals surface area (Å²) in [5, 5.41) is 16.2. The summed E-state index contributed by atoms with van der Waals surface area (Å²) < 4.78 is 0. The fraction of sp³-hybridized carbons (Fsp3) is 0.929. The summed E-state index contributed by atoms with van der Waals surface area (Å²) >= 11 is 0. The van der Waals surface area contributed by atoms with Crippen LogP contribution in [0.15, 0.2) is 0 Å². The Morgan fingerprint density at radius 3 is 2.26 bits per heavy atom. The van der Waals surface area contributed by atoms with Crippen LogP contribution in [0, 0.1) is 0 Å². The smallest absolute Gasteiger partial charge is 0.237 e. The second-order valence-corrected chi connectivity index (χ2v) is 5.86. The predicted molar refractivity (Wildman–Crippen MR) is 79.2 cm³/mol. The number of likely N-dealkylation sites (N-methyl/N-ethyl adjacent to an activating group) is 1. The van der Waals surface area contributed by atoms with Crippen molar-refractivity contribution in [2.75, 3.05) is 27.2 Å². The van der Waals surface area contributed by atoms with Crippen molar-refractivity contribution in [3.63, 3.8) is 0 Å². The average molecular weight is 273 g/mol. The second-order valence-electron chi connectivity index (χ2n) is 5.86. The summed E-state index contributed by atoms with van der Waals surface area (Å²) in [5.74, 6) is -0.00523. The highest BCUT2D eigenvalue weighted by Crippen LogP contribution is 2.03. The summed E-state index contributed by atoms with van der Waals surface area (Å²) in [6.07, 6.45) is 1.88. The first kappa shape index (κ1) is 18.4. The van der Waals surface area contributed by atoms with Gasteiger partial charge in [-0.05, 0) is 40.8 Å². The van der Waals surface area contributed by atoms with Crippen LogP contribution in [-0.4, -0.2) is 60.8 Å². The average Bonchev–Trinajstić information content (AvgIpc) is 2.31. The van der Waals surface area contributed by atoms with E-state index in [1.54, 1.807) is 6.92 Å². The van der Waals surface area contributed by atoms with Crippen molar-refractivity contribution in [2.45, 2.75) is 58.2 Å². The highest BCUT2D eigenvalue weighted by Gasteiger charge is 2.24. The van der Waals surface area contributed by atoms with Gasteiger partial charge in [0, 0.05) is 19.1 Å². The molecule has 0 spiro atoms. The first-order valence-electron chi connectivity index (χ1n) is 7.12. The van der Waals surface area contributed by atoms with Gasteiger partial charge in [-0.1, -0.05) is 13.8 Å². The first-order chi connectivity index (χ1) is 8.71. The monoisotopic (exact) mass is 273 g/mol. The molecule has 2 atom stereocenters. The molecule has 0 rings (SSSR count). The van der Waals surface area contributed by atoms with Gasteiger partial charge in [-0.25, -0.2) is 0 Å². The summed E-state index contributed by atoms with van der Waals surface area (Å²) in [6, 6.07) is -0.0618. The van der Waals surface area contributed by atoms with Gasteiger partial charge < -0.3 is 20.6 Å². The molecule has 0 aromatic heterocycles. The fourth-order valence-corrected chi connectivity index (χ4v) is 2.02. The number of aliphatic hydroxyl groups is 1. The van der Waals surface area contributed by atoms with Gasteiger partial charge in [0.1, 0.15) is 0 Å². The van der Waals surface area contributed by atoms with E-state index in [1.165, 1.54) is 0 Å². The van der Waals surface area contributed by atoms with Crippen LogP contribution < -0.4 is 10.6 Å². The lowest BCUT2D eigenvalue weighted by Crippen LogP contribution is -2.52. The number of amides is 1. The maximum Gasteiger partial charge on any atom is 0.237 e. The minimum absolute atomic E-state index is 0.00523. The van der Waals surface area contributed by atoms with E-state index in [1.807, 2.05) is 25.9 Å². The molecule has 0 saturated heterocycles. The molecule has 0 aliphatic heterocycles. The van der Waals surface area contributed by atoms with E-state index in [0.717, 1.165) is 12.8 Å². The maximum atomic E-state index is 11.9. The lowest BCUT2D eigenvalue weighted by molar-refractivity contribution is -0.123. The molecule has 0 aromatic carbocycles. The molecule has 114 valence electrons. The van der Waals surface area contributed by atoms with Crippen molar-refractivity contribution >= 4 is 5.91 Å². The van der Waals surface area contributed by atoms with Crippen LogP contribution >= 0.6 is 0 Å². The van der Waals surface area contributed by atoms with E-state index < -0.39 is 5.60 Å². The molecule has 0 bridgehead atoms. The third-order valence-electron chi connectivity index (χ3n) is 3.17. The summed E-state index contributed by atoms with van der Waals surface area (Å²) in [4.78, 5) is 13.9. The van der Waals surface area contributed by atoms with Crippen LogP contribution in [0.5, 0.6) is 0 Å². The SMILES string of the molecule is CCC(CC)NC(=O)C(C)NCC(C)(O)CN(C)C. The third-order valence-corrected chi connectivity index (χ3v) is 3.17. The number of hydrogen-bond donors (Lipinski definition) is 3. The zero-order chi connectivity index (χ0) is 15.1. The number of nitrogens with zero attached hydrogens (tertiary/aromatic N) is 1. The normalized spacial score (nSPS) is 16.5. The summed E-state index contributed by atoms with van der Waals surface area (Å²) in [6.45, 7) is 8.67. The van der Waals surface area contributed by atoms with Crippen molar-refractivity contribution in [2.24, 2.45) is 0 Å². The summed E-state index contributed by atoms with van der Waals surface area (Å²) in [5.41, 5.74) is -0.840. The number of hydrogen-bond acceptors (Lipinski definition) is 4.